The Morgan fingerprint density at radius 3 is 2.47 bits per heavy atom. The summed E-state index contributed by atoms with van der Waals surface area (Å²) in [5, 5.41) is 0.649. The molecule has 0 unspecified atom stereocenters. The summed E-state index contributed by atoms with van der Waals surface area (Å²) in [5.74, 6) is 0.182. The number of methoxy groups -OCH3 is 1. The minimum absolute atomic E-state index is 0.138. The van der Waals surface area contributed by atoms with Crippen LogP contribution in [0.2, 0.25) is 0 Å². The number of carbonyl (C=O) groups is 1. The number of hydrogen-bond donors (Lipinski definition) is 0. The largest absolute Gasteiger partial charge is 0.481 e. The molecule has 0 fully saturated rings. The van der Waals surface area contributed by atoms with E-state index in [0.717, 1.165) is 11.1 Å². The number of carbonyl (C=O) groups excluding carboxylic acids is 1. The molecule has 0 aliphatic heterocycles. The summed E-state index contributed by atoms with van der Waals surface area (Å²) in [4.78, 5) is 21.6. The Labute approximate surface area is 196 Å². The van der Waals surface area contributed by atoms with Crippen molar-refractivity contribution in [3.05, 3.63) is 72.1 Å². The van der Waals surface area contributed by atoms with Gasteiger partial charge < -0.3 is 4.74 Å². The molecular formula is C25H22N4O4S. The summed E-state index contributed by atoms with van der Waals surface area (Å²) in [5.41, 5.74) is 3.87. The summed E-state index contributed by atoms with van der Waals surface area (Å²) in [7, 11) is -2.50. The highest BCUT2D eigenvalue weighted by atomic mass is 32.2. The lowest BCUT2D eigenvalue weighted by Gasteiger charge is -2.11. The van der Waals surface area contributed by atoms with Gasteiger partial charge in [0.05, 0.1) is 23.2 Å². The molecule has 0 saturated heterocycles. The van der Waals surface area contributed by atoms with Crippen LogP contribution in [0.4, 0.5) is 0 Å². The van der Waals surface area contributed by atoms with Crippen LogP contribution in [0.25, 0.3) is 33.3 Å². The van der Waals surface area contributed by atoms with E-state index in [4.69, 9.17) is 4.74 Å². The van der Waals surface area contributed by atoms with Crippen molar-refractivity contribution in [3.8, 4) is 17.1 Å². The van der Waals surface area contributed by atoms with Gasteiger partial charge >= 0.3 is 0 Å². The van der Waals surface area contributed by atoms with Crippen molar-refractivity contribution >= 4 is 38.0 Å². The summed E-state index contributed by atoms with van der Waals surface area (Å²) in [6, 6.07) is 13.8. The van der Waals surface area contributed by atoms with Gasteiger partial charge in [0.25, 0.3) is 10.0 Å². The molecule has 5 aromatic rings. The first kappa shape index (κ1) is 21.8. The van der Waals surface area contributed by atoms with Gasteiger partial charge in [-0.3, -0.25) is 9.36 Å². The Morgan fingerprint density at radius 1 is 1.06 bits per heavy atom. The fraction of sp³-hybridized carbons (Fsp3) is 0.160. The number of benzene rings is 1. The number of nitrogens with zero attached hydrogens (tertiary/aromatic N) is 4. The summed E-state index contributed by atoms with van der Waals surface area (Å²) in [6.07, 6.45) is 3.17. The second-order valence-corrected chi connectivity index (χ2v) is 9.93. The lowest BCUT2D eigenvalue weighted by molar-refractivity contribution is 0.0941. The van der Waals surface area contributed by atoms with Crippen LogP contribution in [0.5, 0.6) is 5.88 Å². The molecule has 4 aromatic heterocycles. The second kappa shape index (κ2) is 7.81. The summed E-state index contributed by atoms with van der Waals surface area (Å²) >= 11 is 0. The molecule has 5 rings (SSSR count). The normalized spacial score (nSPS) is 11.9. The molecule has 9 heteroatoms. The Kier molecular flexibility index (Phi) is 5.02. The summed E-state index contributed by atoms with van der Waals surface area (Å²) < 4.78 is 35.8. The quantitative estimate of drug-likeness (QED) is 0.378. The molecule has 4 heterocycles. The average molecular weight is 475 g/mol. The van der Waals surface area contributed by atoms with Crippen molar-refractivity contribution < 1.29 is 17.9 Å². The van der Waals surface area contributed by atoms with Gasteiger partial charge in [-0.2, -0.15) is 0 Å². The third-order valence-electron chi connectivity index (χ3n) is 5.81. The minimum atomic E-state index is -4.02. The van der Waals surface area contributed by atoms with E-state index in [9.17, 15) is 13.2 Å². The molecule has 0 aliphatic rings. The molecule has 0 spiro atoms. The standard InChI is InChI=1S/C25H22N4O4S/c1-15-7-9-19(10-8-15)34(31,32)29-21(13-18-6-5-11-26-24(18)29)20-14-28(17(3)30)22-12-16(2)25(33-4)27-23(20)22/h5-14H,1-4H3. The fourth-order valence-electron chi connectivity index (χ4n) is 4.14. The fourth-order valence-corrected chi connectivity index (χ4v) is 5.62. The van der Waals surface area contributed by atoms with E-state index in [-0.39, 0.29) is 10.8 Å². The maximum atomic E-state index is 13.9. The highest BCUT2D eigenvalue weighted by Gasteiger charge is 2.27. The zero-order chi connectivity index (χ0) is 24.2. The van der Waals surface area contributed by atoms with E-state index < -0.39 is 10.0 Å². The van der Waals surface area contributed by atoms with Crippen molar-refractivity contribution in [2.45, 2.75) is 25.7 Å². The van der Waals surface area contributed by atoms with Crippen molar-refractivity contribution in [2.75, 3.05) is 7.11 Å². The van der Waals surface area contributed by atoms with Gasteiger partial charge in [-0.05, 0) is 50.2 Å². The third-order valence-corrected chi connectivity index (χ3v) is 7.53. The Bertz CT molecular complexity index is 1700. The molecule has 0 aliphatic carbocycles. The molecule has 1 aromatic carbocycles. The van der Waals surface area contributed by atoms with E-state index in [1.165, 1.54) is 22.6 Å². The SMILES string of the molecule is COc1nc2c(-c3cc4cccnc4n3S(=O)(=O)c3ccc(C)cc3)cn(C(C)=O)c2cc1C. The van der Waals surface area contributed by atoms with E-state index in [1.807, 2.05) is 19.9 Å². The number of fused-ring (bicyclic) bond motifs is 2. The van der Waals surface area contributed by atoms with Crippen LogP contribution in [-0.2, 0) is 10.0 Å². The number of ether oxygens (including phenoxy) is 1. The smallest absolute Gasteiger partial charge is 0.269 e. The lowest BCUT2D eigenvalue weighted by Crippen LogP contribution is -2.14. The maximum absolute atomic E-state index is 13.9. The second-order valence-electron chi connectivity index (χ2n) is 8.14. The Morgan fingerprint density at radius 2 is 1.79 bits per heavy atom. The number of pyridine rings is 2. The zero-order valence-electron chi connectivity index (χ0n) is 19.1. The monoisotopic (exact) mass is 474 g/mol. The third kappa shape index (κ3) is 3.28. The molecular weight excluding hydrogens is 452 g/mol. The highest BCUT2D eigenvalue weighted by Crippen LogP contribution is 2.37. The van der Waals surface area contributed by atoms with Crippen LogP contribution in [0.15, 0.2) is 65.8 Å². The average Bonchev–Trinajstić information content (AvgIpc) is 3.37. The van der Waals surface area contributed by atoms with Gasteiger partial charge in [-0.15, -0.1) is 0 Å². The minimum Gasteiger partial charge on any atom is -0.481 e. The van der Waals surface area contributed by atoms with Crippen molar-refractivity contribution in [3.63, 3.8) is 0 Å². The lowest BCUT2D eigenvalue weighted by atomic mass is 10.2. The van der Waals surface area contributed by atoms with Gasteiger partial charge in [0.1, 0.15) is 5.52 Å². The maximum Gasteiger partial charge on any atom is 0.269 e. The van der Waals surface area contributed by atoms with Crippen molar-refractivity contribution in [1.82, 2.24) is 18.5 Å². The van der Waals surface area contributed by atoms with Crippen LogP contribution in [-0.4, -0.2) is 39.9 Å². The van der Waals surface area contributed by atoms with Crippen molar-refractivity contribution in [2.24, 2.45) is 0 Å². The molecule has 172 valence electrons. The molecule has 0 atom stereocenters. The van der Waals surface area contributed by atoms with Gasteiger partial charge in [0, 0.05) is 35.8 Å². The topological polar surface area (TPSA) is 96.1 Å². The van der Waals surface area contributed by atoms with E-state index in [2.05, 4.69) is 9.97 Å². The number of rotatable bonds is 4. The van der Waals surface area contributed by atoms with Crippen LogP contribution >= 0.6 is 0 Å². The van der Waals surface area contributed by atoms with Gasteiger partial charge in [-0.1, -0.05) is 17.7 Å². The predicted molar refractivity (Wildman–Crippen MR) is 130 cm³/mol. The first-order valence-corrected chi connectivity index (χ1v) is 12.0. The van der Waals surface area contributed by atoms with E-state index in [0.29, 0.717) is 39.2 Å². The molecule has 8 nitrogen and oxygen atoms in total. The number of aryl methyl sites for hydroxylation is 2. The van der Waals surface area contributed by atoms with Crippen LogP contribution in [0, 0.1) is 13.8 Å². The number of hydrogen-bond acceptors (Lipinski definition) is 6. The molecule has 0 radical (unpaired) electrons. The number of aromatic nitrogens is 4. The molecule has 0 bridgehead atoms. The van der Waals surface area contributed by atoms with E-state index in [1.54, 1.807) is 54.9 Å². The predicted octanol–water partition coefficient (Wildman–Crippen LogP) is 4.58. The molecule has 0 saturated carbocycles. The highest BCUT2D eigenvalue weighted by molar-refractivity contribution is 7.90. The van der Waals surface area contributed by atoms with Crippen LogP contribution in [0.1, 0.15) is 22.8 Å². The molecule has 0 amide bonds. The zero-order valence-corrected chi connectivity index (χ0v) is 19.9. The van der Waals surface area contributed by atoms with Crippen molar-refractivity contribution in [1.29, 1.82) is 0 Å². The Hall–Kier alpha value is -3.98. The van der Waals surface area contributed by atoms with Gasteiger partial charge in [0.15, 0.2) is 5.65 Å². The van der Waals surface area contributed by atoms with Gasteiger partial charge in [-0.25, -0.2) is 22.4 Å². The first-order chi connectivity index (χ1) is 16.2. The summed E-state index contributed by atoms with van der Waals surface area (Å²) in [6.45, 7) is 5.18. The molecule has 0 N–H and O–H groups in total. The van der Waals surface area contributed by atoms with E-state index >= 15 is 0 Å². The van der Waals surface area contributed by atoms with Crippen LogP contribution in [0.3, 0.4) is 0 Å². The molecule has 34 heavy (non-hydrogen) atoms. The van der Waals surface area contributed by atoms with Crippen LogP contribution < -0.4 is 4.74 Å². The van der Waals surface area contributed by atoms with Gasteiger partial charge in [0.2, 0.25) is 11.8 Å². The first-order valence-electron chi connectivity index (χ1n) is 10.6. The Balaban J connectivity index is 1.90.